The monoisotopic (exact) mass is 406 g/mol. The normalized spacial score (nSPS) is 11.2. The van der Waals surface area contributed by atoms with Crippen LogP contribution >= 0.6 is 0 Å². The Morgan fingerprint density at radius 1 is 1.10 bits per heavy atom. The fraction of sp³-hybridized carbons (Fsp3) is 0.174. The van der Waals surface area contributed by atoms with E-state index in [1.165, 1.54) is 12.3 Å². The number of aryl methyl sites for hydroxylation is 2. The summed E-state index contributed by atoms with van der Waals surface area (Å²) in [6.45, 7) is 3.99. The molecular formula is C23H20F2N4O. The molecule has 2 heterocycles. The molecule has 0 fully saturated rings. The van der Waals surface area contributed by atoms with Crippen LogP contribution in [0.4, 0.5) is 14.5 Å². The predicted octanol–water partition coefficient (Wildman–Crippen LogP) is 5.46. The van der Waals surface area contributed by atoms with Crippen molar-refractivity contribution in [1.29, 1.82) is 0 Å². The van der Waals surface area contributed by atoms with Crippen LogP contribution in [-0.4, -0.2) is 20.5 Å². The summed E-state index contributed by atoms with van der Waals surface area (Å²) < 4.78 is 28.4. The molecule has 30 heavy (non-hydrogen) atoms. The van der Waals surface area contributed by atoms with E-state index in [-0.39, 0.29) is 16.9 Å². The van der Waals surface area contributed by atoms with Gasteiger partial charge in [0, 0.05) is 11.3 Å². The van der Waals surface area contributed by atoms with Gasteiger partial charge in [0.2, 0.25) is 0 Å². The Morgan fingerprint density at radius 2 is 1.80 bits per heavy atom. The van der Waals surface area contributed by atoms with Crippen molar-refractivity contribution in [2.24, 2.45) is 0 Å². The van der Waals surface area contributed by atoms with E-state index >= 15 is 0 Å². The molecule has 0 aliphatic carbocycles. The predicted molar refractivity (Wildman–Crippen MR) is 112 cm³/mol. The number of aromatic nitrogens is 3. The topological polar surface area (TPSA) is 59.3 Å². The lowest BCUT2D eigenvalue weighted by Crippen LogP contribution is -2.12. The van der Waals surface area contributed by atoms with Gasteiger partial charge in [-0.2, -0.15) is 5.10 Å². The highest BCUT2D eigenvalue weighted by atomic mass is 19.3. The molecule has 0 unspecified atom stereocenters. The van der Waals surface area contributed by atoms with Crippen LogP contribution in [0.1, 0.15) is 40.5 Å². The van der Waals surface area contributed by atoms with E-state index in [9.17, 15) is 13.6 Å². The first-order valence-electron chi connectivity index (χ1n) is 9.60. The quantitative estimate of drug-likeness (QED) is 0.479. The van der Waals surface area contributed by atoms with Crippen molar-refractivity contribution in [3.8, 4) is 11.3 Å². The molecule has 2 aromatic carbocycles. The molecule has 4 rings (SSSR count). The minimum absolute atomic E-state index is 0.0889. The van der Waals surface area contributed by atoms with Crippen molar-refractivity contribution >= 4 is 17.2 Å². The van der Waals surface area contributed by atoms with E-state index in [4.69, 9.17) is 0 Å². The van der Waals surface area contributed by atoms with Gasteiger partial charge in [-0.3, -0.25) is 4.79 Å². The number of halogens is 2. The maximum absolute atomic E-state index is 13.7. The number of alkyl halides is 2. The summed E-state index contributed by atoms with van der Waals surface area (Å²) in [5.41, 5.74) is 3.76. The number of nitrogens with one attached hydrogen (secondary N) is 1. The zero-order valence-corrected chi connectivity index (χ0v) is 16.6. The van der Waals surface area contributed by atoms with Gasteiger partial charge in [0.05, 0.1) is 11.9 Å². The van der Waals surface area contributed by atoms with Crippen molar-refractivity contribution in [3.63, 3.8) is 0 Å². The van der Waals surface area contributed by atoms with Crippen LogP contribution in [0.2, 0.25) is 0 Å². The van der Waals surface area contributed by atoms with Crippen molar-refractivity contribution < 1.29 is 13.6 Å². The Labute approximate surface area is 172 Å². The van der Waals surface area contributed by atoms with Gasteiger partial charge in [0.1, 0.15) is 11.3 Å². The number of carbonyl (C=O) groups is 1. The molecular weight excluding hydrogens is 386 g/mol. The van der Waals surface area contributed by atoms with Gasteiger partial charge in [0.15, 0.2) is 5.65 Å². The van der Waals surface area contributed by atoms with Crippen molar-refractivity contribution in [2.45, 2.75) is 26.7 Å². The van der Waals surface area contributed by atoms with Gasteiger partial charge in [-0.15, -0.1) is 0 Å². The summed E-state index contributed by atoms with van der Waals surface area (Å²) in [6, 6.07) is 16.2. The number of hydrogen-bond donors (Lipinski definition) is 1. The molecule has 0 radical (unpaired) electrons. The first-order valence-corrected chi connectivity index (χ1v) is 9.60. The van der Waals surface area contributed by atoms with Gasteiger partial charge < -0.3 is 5.32 Å². The molecule has 1 N–H and O–H groups in total. The van der Waals surface area contributed by atoms with Crippen LogP contribution < -0.4 is 5.32 Å². The second-order valence-electron chi connectivity index (χ2n) is 7.03. The summed E-state index contributed by atoms with van der Waals surface area (Å²) >= 11 is 0. The van der Waals surface area contributed by atoms with Gasteiger partial charge in [-0.1, -0.05) is 48.9 Å². The van der Waals surface area contributed by atoms with Crippen LogP contribution in [-0.2, 0) is 6.42 Å². The Bertz CT molecular complexity index is 1200. The number of anilines is 1. The standard InChI is InChI=1S/C23H20F2N4O/c1-3-15-6-10-17(11-7-15)27-23(30)18-13-26-29-20(21(24)25)12-19(28-22(18)29)16-8-4-14(2)5-9-16/h4-13,21H,3H2,1-2H3,(H,27,30). The molecule has 0 aliphatic heterocycles. The lowest BCUT2D eigenvalue weighted by atomic mass is 10.1. The Morgan fingerprint density at radius 3 is 2.43 bits per heavy atom. The van der Waals surface area contributed by atoms with Crippen LogP contribution in [0.3, 0.4) is 0 Å². The fourth-order valence-corrected chi connectivity index (χ4v) is 3.20. The van der Waals surface area contributed by atoms with Crippen LogP contribution in [0.25, 0.3) is 16.9 Å². The number of rotatable bonds is 5. The Hall–Kier alpha value is -3.61. The van der Waals surface area contributed by atoms with Crippen molar-refractivity contribution in [2.75, 3.05) is 5.32 Å². The minimum atomic E-state index is -2.77. The molecule has 0 aliphatic rings. The van der Waals surface area contributed by atoms with Gasteiger partial charge in [-0.05, 0) is 37.1 Å². The first-order chi connectivity index (χ1) is 14.5. The van der Waals surface area contributed by atoms with Gasteiger partial charge in [-0.25, -0.2) is 18.3 Å². The molecule has 1 amide bonds. The summed E-state index contributed by atoms with van der Waals surface area (Å²) in [6.07, 6.45) is -0.607. The number of fused-ring (bicyclic) bond motifs is 1. The number of benzene rings is 2. The maximum Gasteiger partial charge on any atom is 0.280 e. The molecule has 152 valence electrons. The van der Waals surface area contributed by atoms with Crippen molar-refractivity contribution in [1.82, 2.24) is 14.6 Å². The third-order valence-corrected chi connectivity index (χ3v) is 4.93. The van der Waals surface area contributed by atoms with Gasteiger partial charge >= 0.3 is 0 Å². The van der Waals surface area contributed by atoms with Crippen molar-refractivity contribution in [3.05, 3.63) is 83.2 Å². The number of amides is 1. The van der Waals surface area contributed by atoms with E-state index in [0.29, 0.717) is 16.9 Å². The highest BCUT2D eigenvalue weighted by Crippen LogP contribution is 2.27. The van der Waals surface area contributed by atoms with E-state index in [1.807, 2.05) is 50.2 Å². The largest absolute Gasteiger partial charge is 0.322 e. The SMILES string of the molecule is CCc1ccc(NC(=O)c2cnn3c(C(F)F)cc(-c4ccc(C)cc4)nc23)cc1. The average Bonchev–Trinajstić information content (AvgIpc) is 3.18. The lowest BCUT2D eigenvalue weighted by Gasteiger charge is -2.09. The maximum atomic E-state index is 13.7. The lowest BCUT2D eigenvalue weighted by molar-refractivity contribution is 0.102. The molecule has 4 aromatic rings. The van der Waals surface area contributed by atoms with E-state index in [1.54, 1.807) is 12.1 Å². The zero-order valence-electron chi connectivity index (χ0n) is 16.6. The van der Waals surface area contributed by atoms with Crippen LogP contribution in [0.5, 0.6) is 0 Å². The summed E-state index contributed by atoms with van der Waals surface area (Å²) in [5.74, 6) is -0.456. The third-order valence-electron chi connectivity index (χ3n) is 4.93. The highest BCUT2D eigenvalue weighted by Gasteiger charge is 2.21. The molecule has 0 saturated carbocycles. The average molecular weight is 406 g/mol. The summed E-state index contributed by atoms with van der Waals surface area (Å²) in [4.78, 5) is 17.3. The van der Waals surface area contributed by atoms with Crippen LogP contribution in [0, 0.1) is 6.92 Å². The third kappa shape index (κ3) is 3.78. The molecule has 2 aromatic heterocycles. The minimum Gasteiger partial charge on any atom is -0.322 e. The van der Waals surface area contributed by atoms with E-state index in [0.717, 1.165) is 22.1 Å². The van der Waals surface area contributed by atoms with Crippen LogP contribution in [0.15, 0.2) is 60.8 Å². The van der Waals surface area contributed by atoms with Gasteiger partial charge in [0.25, 0.3) is 12.3 Å². The molecule has 0 atom stereocenters. The molecule has 0 bridgehead atoms. The second-order valence-corrected chi connectivity index (χ2v) is 7.03. The summed E-state index contributed by atoms with van der Waals surface area (Å²) in [5, 5.41) is 6.78. The Kier molecular flexibility index (Phi) is 5.27. The molecule has 0 spiro atoms. The summed E-state index contributed by atoms with van der Waals surface area (Å²) in [7, 11) is 0. The van der Waals surface area contributed by atoms with E-state index in [2.05, 4.69) is 15.4 Å². The fourth-order valence-electron chi connectivity index (χ4n) is 3.20. The highest BCUT2D eigenvalue weighted by molar-refractivity contribution is 6.08. The second kappa shape index (κ2) is 8.02. The zero-order chi connectivity index (χ0) is 21.3. The first kappa shape index (κ1) is 19.7. The molecule has 0 saturated heterocycles. The smallest absolute Gasteiger partial charge is 0.280 e. The Balaban J connectivity index is 1.76. The molecule has 5 nitrogen and oxygen atoms in total. The number of nitrogens with zero attached hydrogens (tertiary/aromatic N) is 3. The van der Waals surface area contributed by atoms with E-state index < -0.39 is 12.3 Å². The number of carbonyl (C=O) groups excluding carboxylic acids is 1. The molecule has 7 heteroatoms. The number of hydrogen-bond acceptors (Lipinski definition) is 3.